The normalized spacial score (nSPS) is 11.4. The Morgan fingerprint density at radius 1 is 1.12 bits per heavy atom. The predicted octanol–water partition coefficient (Wildman–Crippen LogP) is 4.91. The fourth-order valence-electron chi connectivity index (χ4n) is 3.85. The lowest BCUT2D eigenvalue weighted by Crippen LogP contribution is -2.28. The van der Waals surface area contributed by atoms with Crippen LogP contribution in [0.25, 0.3) is 28.1 Å². The van der Waals surface area contributed by atoms with Crippen molar-refractivity contribution in [2.24, 2.45) is 16.6 Å². The van der Waals surface area contributed by atoms with E-state index in [2.05, 4.69) is 53.2 Å². The second-order valence-corrected chi connectivity index (χ2v) is 7.97. The summed E-state index contributed by atoms with van der Waals surface area (Å²) in [5, 5.41) is 4.64. The molecule has 0 unspecified atom stereocenters. The van der Waals surface area contributed by atoms with Crippen LogP contribution in [0.1, 0.15) is 51.3 Å². The minimum atomic E-state index is -0.248. The number of unbranched alkanes of at least 4 members (excludes halogenated alkanes) is 2. The fourth-order valence-corrected chi connectivity index (χ4v) is 3.85. The second kappa shape index (κ2) is 10.6. The Bertz CT molecular complexity index is 1130. The lowest BCUT2D eigenvalue weighted by Gasteiger charge is -2.13. The highest BCUT2D eigenvalue weighted by molar-refractivity contribution is 6.01. The van der Waals surface area contributed by atoms with Gasteiger partial charge in [-0.2, -0.15) is 0 Å². The Balaban J connectivity index is 1.81. The van der Waals surface area contributed by atoms with Crippen molar-refractivity contribution in [3.8, 4) is 11.1 Å². The molecule has 0 aliphatic heterocycles. The molecule has 3 aromatic rings. The highest BCUT2D eigenvalue weighted by atomic mass is 19.1. The van der Waals surface area contributed by atoms with Crippen LogP contribution >= 0.6 is 0 Å². The summed E-state index contributed by atoms with van der Waals surface area (Å²) >= 11 is 0. The molecule has 5 N–H and O–H groups in total. The van der Waals surface area contributed by atoms with Gasteiger partial charge in [0, 0.05) is 34.6 Å². The van der Waals surface area contributed by atoms with Crippen molar-refractivity contribution < 1.29 is 9.18 Å². The smallest absolute Gasteiger partial charge is 0.240 e. The number of guanidine groups is 1. The number of benzene rings is 2. The number of halogens is 1. The number of amides is 1. The molecule has 0 aliphatic carbocycles. The largest absolute Gasteiger partial charge is 0.369 e. The van der Waals surface area contributed by atoms with Crippen molar-refractivity contribution >= 4 is 28.8 Å². The van der Waals surface area contributed by atoms with Gasteiger partial charge in [-0.05, 0) is 62.9 Å². The number of fused-ring (bicyclic) bond motifs is 1. The van der Waals surface area contributed by atoms with Gasteiger partial charge in [0.2, 0.25) is 11.9 Å². The van der Waals surface area contributed by atoms with E-state index >= 15 is 0 Å². The maximum absolute atomic E-state index is 13.5. The van der Waals surface area contributed by atoms with Crippen molar-refractivity contribution in [1.82, 2.24) is 9.99 Å². The number of hydrazone groups is 1. The van der Waals surface area contributed by atoms with E-state index in [1.54, 1.807) is 0 Å². The number of nitrogens with zero attached hydrogens (tertiary/aromatic N) is 2. The van der Waals surface area contributed by atoms with Crippen LogP contribution in [0.2, 0.25) is 0 Å². The van der Waals surface area contributed by atoms with E-state index in [-0.39, 0.29) is 23.7 Å². The Hall–Kier alpha value is -3.61. The van der Waals surface area contributed by atoms with Gasteiger partial charge in [-0.25, -0.2) is 9.82 Å². The van der Waals surface area contributed by atoms with Gasteiger partial charge in [-0.1, -0.05) is 36.4 Å². The van der Waals surface area contributed by atoms with Gasteiger partial charge in [0.05, 0.1) is 0 Å². The molecule has 1 heterocycles. The van der Waals surface area contributed by atoms with Gasteiger partial charge < -0.3 is 16.0 Å². The maximum atomic E-state index is 13.5. The third kappa shape index (κ3) is 5.55. The molecular formula is C25H30FN5O. The summed E-state index contributed by atoms with van der Waals surface area (Å²) in [6, 6.07) is 15.2. The highest BCUT2D eigenvalue weighted by Crippen LogP contribution is 2.37. The van der Waals surface area contributed by atoms with Gasteiger partial charge >= 0.3 is 0 Å². The minimum absolute atomic E-state index is 0.168. The number of aromatic nitrogens is 1. The fraction of sp³-hybridized carbons (Fsp3) is 0.280. The molecule has 168 valence electrons. The first-order valence-electron chi connectivity index (χ1n) is 10.8. The Labute approximate surface area is 187 Å². The summed E-state index contributed by atoms with van der Waals surface area (Å²) in [6.45, 7) is 4.32. The van der Waals surface area contributed by atoms with Crippen LogP contribution < -0.4 is 16.9 Å². The number of nitrogens with one attached hydrogen (secondary N) is 1. The van der Waals surface area contributed by atoms with E-state index in [1.807, 2.05) is 24.3 Å². The first kappa shape index (κ1) is 23.1. The van der Waals surface area contributed by atoms with Gasteiger partial charge in [0.25, 0.3) is 0 Å². The van der Waals surface area contributed by atoms with E-state index in [9.17, 15) is 9.18 Å². The number of hydrogen-bond donors (Lipinski definition) is 3. The highest BCUT2D eigenvalue weighted by Gasteiger charge is 2.18. The van der Waals surface area contributed by atoms with Gasteiger partial charge in [0.1, 0.15) is 5.82 Å². The molecular weight excluding hydrogens is 405 g/mol. The van der Waals surface area contributed by atoms with Crippen LogP contribution in [0.4, 0.5) is 4.39 Å². The van der Waals surface area contributed by atoms with E-state index in [0.29, 0.717) is 6.42 Å². The Kier molecular flexibility index (Phi) is 7.65. The van der Waals surface area contributed by atoms with E-state index in [1.165, 1.54) is 12.1 Å². The van der Waals surface area contributed by atoms with Crippen molar-refractivity contribution in [1.29, 1.82) is 0 Å². The average molecular weight is 436 g/mol. The van der Waals surface area contributed by atoms with Crippen molar-refractivity contribution in [2.45, 2.75) is 45.6 Å². The van der Waals surface area contributed by atoms with Crippen molar-refractivity contribution in [2.75, 3.05) is 0 Å². The number of rotatable bonds is 9. The molecule has 0 fully saturated rings. The maximum Gasteiger partial charge on any atom is 0.240 e. The zero-order chi connectivity index (χ0) is 23.1. The van der Waals surface area contributed by atoms with Gasteiger partial charge in [-0.3, -0.25) is 4.79 Å². The van der Waals surface area contributed by atoms with Gasteiger partial charge in [-0.15, -0.1) is 5.10 Å². The number of carbonyl (C=O) groups excluding carboxylic acids is 1. The summed E-state index contributed by atoms with van der Waals surface area (Å²) in [5.41, 5.74) is 17.0. The topological polar surface area (TPSA) is 98.4 Å². The standard InChI is InChI=1S/C25H30FN5O/c1-17(2)31-21-10-8-7-9-20(21)24(18-13-15-19(26)16-14-18)22(31)11-5-3-4-6-12-23(32)29-30-25(27)28/h5,7-11,13-17H,3-4,6,12H2,1-2H3,(H,29,32)(H4,27,28,30)/b11-5+. The van der Waals surface area contributed by atoms with Crippen molar-refractivity contribution in [3.63, 3.8) is 0 Å². The lowest BCUT2D eigenvalue weighted by molar-refractivity contribution is -0.121. The molecule has 6 nitrogen and oxygen atoms in total. The summed E-state index contributed by atoms with van der Waals surface area (Å²) in [4.78, 5) is 11.7. The first-order valence-corrected chi connectivity index (χ1v) is 10.8. The molecule has 1 amide bonds. The summed E-state index contributed by atoms with van der Waals surface area (Å²) in [7, 11) is 0. The molecule has 0 aliphatic rings. The van der Waals surface area contributed by atoms with Crippen LogP contribution in [0.5, 0.6) is 0 Å². The molecule has 0 spiro atoms. The van der Waals surface area contributed by atoms with Crippen LogP contribution in [-0.4, -0.2) is 16.4 Å². The zero-order valence-corrected chi connectivity index (χ0v) is 18.5. The molecule has 0 saturated carbocycles. The van der Waals surface area contributed by atoms with Crippen LogP contribution in [-0.2, 0) is 4.79 Å². The van der Waals surface area contributed by atoms with E-state index in [4.69, 9.17) is 11.5 Å². The third-order valence-electron chi connectivity index (χ3n) is 5.21. The third-order valence-corrected chi connectivity index (χ3v) is 5.21. The quantitative estimate of drug-likeness (QED) is 0.193. The molecule has 1 aromatic heterocycles. The van der Waals surface area contributed by atoms with Crippen LogP contribution in [0.3, 0.4) is 0 Å². The van der Waals surface area contributed by atoms with E-state index < -0.39 is 0 Å². The summed E-state index contributed by atoms with van der Waals surface area (Å²) in [5.74, 6) is -0.623. The van der Waals surface area contributed by atoms with Crippen LogP contribution in [0.15, 0.2) is 59.7 Å². The lowest BCUT2D eigenvalue weighted by atomic mass is 10.0. The zero-order valence-electron chi connectivity index (χ0n) is 18.5. The molecule has 0 bridgehead atoms. The molecule has 32 heavy (non-hydrogen) atoms. The molecule has 3 rings (SSSR count). The predicted molar refractivity (Wildman–Crippen MR) is 129 cm³/mol. The second-order valence-electron chi connectivity index (χ2n) is 7.97. The number of para-hydroxylation sites is 1. The van der Waals surface area contributed by atoms with Crippen LogP contribution in [0, 0.1) is 5.82 Å². The molecule has 7 heteroatoms. The molecule has 0 saturated heterocycles. The number of nitrogens with two attached hydrogens (primary N) is 2. The first-order chi connectivity index (χ1) is 15.4. The minimum Gasteiger partial charge on any atom is -0.369 e. The van der Waals surface area contributed by atoms with Crippen molar-refractivity contribution in [3.05, 3.63) is 66.1 Å². The Morgan fingerprint density at radius 3 is 2.53 bits per heavy atom. The van der Waals surface area contributed by atoms with E-state index in [0.717, 1.165) is 47.0 Å². The Morgan fingerprint density at radius 2 is 1.84 bits per heavy atom. The molecule has 0 radical (unpaired) electrons. The summed E-state index contributed by atoms with van der Waals surface area (Å²) in [6.07, 6.45) is 7.05. The monoisotopic (exact) mass is 435 g/mol. The number of hydrogen-bond acceptors (Lipinski definition) is 2. The summed E-state index contributed by atoms with van der Waals surface area (Å²) < 4.78 is 15.9. The number of allylic oxidation sites excluding steroid dienone is 1. The number of carbonyl (C=O) groups is 1. The molecule has 0 atom stereocenters. The van der Waals surface area contributed by atoms with Gasteiger partial charge in [0.15, 0.2) is 0 Å². The molecule has 2 aromatic carbocycles. The average Bonchev–Trinajstić information content (AvgIpc) is 3.09. The SMILES string of the molecule is CC(C)n1c(/C=C/CCCCC(=O)NN=C(N)N)c(-c2ccc(F)cc2)c2ccccc21.